The first kappa shape index (κ1) is 14.9. The van der Waals surface area contributed by atoms with E-state index >= 15 is 0 Å². The standard InChI is InChI=1S/C13H17N3O3/c1-10(7-14)8-15(2)9-11-4-12(16(17)18)6-13(5-11)19-3/h4-6,10H,8-9H2,1-3H3. The van der Waals surface area contributed by atoms with E-state index in [1.165, 1.54) is 19.2 Å². The lowest BCUT2D eigenvalue weighted by Gasteiger charge is -2.18. The first-order chi connectivity index (χ1) is 8.96. The van der Waals surface area contributed by atoms with Gasteiger partial charge in [-0.15, -0.1) is 0 Å². The van der Waals surface area contributed by atoms with Gasteiger partial charge in [0.2, 0.25) is 0 Å². The SMILES string of the molecule is COc1cc(CN(C)CC(C)C#N)cc([N+](=O)[O-])c1. The van der Waals surface area contributed by atoms with E-state index in [1.54, 1.807) is 6.07 Å². The van der Waals surface area contributed by atoms with Gasteiger partial charge < -0.3 is 9.64 Å². The summed E-state index contributed by atoms with van der Waals surface area (Å²) in [6, 6.07) is 6.84. The molecule has 0 radical (unpaired) electrons. The average molecular weight is 263 g/mol. The molecule has 0 aliphatic carbocycles. The zero-order chi connectivity index (χ0) is 14.4. The molecule has 1 rings (SSSR count). The molecule has 6 heteroatoms. The Morgan fingerprint density at radius 2 is 2.21 bits per heavy atom. The van der Waals surface area contributed by atoms with E-state index in [0.29, 0.717) is 18.8 Å². The Kier molecular flexibility index (Phi) is 5.27. The van der Waals surface area contributed by atoms with Crippen molar-refractivity contribution in [3.63, 3.8) is 0 Å². The van der Waals surface area contributed by atoms with E-state index in [2.05, 4.69) is 6.07 Å². The summed E-state index contributed by atoms with van der Waals surface area (Å²) in [5, 5.41) is 19.6. The second kappa shape index (κ2) is 6.71. The summed E-state index contributed by atoms with van der Waals surface area (Å²) < 4.78 is 5.05. The van der Waals surface area contributed by atoms with Crippen LogP contribution in [0.1, 0.15) is 12.5 Å². The predicted molar refractivity (Wildman–Crippen MR) is 70.8 cm³/mol. The third-order valence-electron chi connectivity index (χ3n) is 2.66. The Balaban J connectivity index is 2.85. The monoisotopic (exact) mass is 263 g/mol. The minimum absolute atomic E-state index is 0.0103. The summed E-state index contributed by atoms with van der Waals surface area (Å²) in [6.45, 7) is 2.98. The molecule has 102 valence electrons. The van der Waals surface area contributed by atoms with E-state index in [0.717, 1.165) is 5.56 Å². The second-order valence-electron chi connectivity index (χ2n) is 4.52. The molecule has 1 aromatic rings. The molecule has 0 spiro atoms. The third kappa shape index (κ3) is 4.56. The number of nitrogens with zero attached hydrogens (tertiary/aromatic N) is 3. The minimum Gasteiger partial charge on any atom is -0.496 e. The molecule has 1 aromatic carbocycles. The van der Waals surface area contributed by atoms with Crippen molar-refractivity contribution in [1.82, 2.24) is 4.90 Å². The summed E-state index contributed by atoms with van der Waals surface area (Å²) in [4.78, 5) is 12.3. The number of benzene rings is 1. The van der Waals surface area contributed by atoms with Gasteiger partial charge in [0.15, 0.2) is 0 Å². The largest absolute Gasteiger partial charge is 0.496 e. The molecule has 0 aliphatic rings. The van der Waals surface area contributed by atoms with Crippen molar-refractivity contribution in [3.8, 4) is 11.8 Å². The fourth-order valence-corrected chi connectivity index (χ4v) is 1.84. The van der Waals surface area contributed by atoms with Crippen molar-refractivity contribution in [2.45, 2.75) is 13.5 Å². The zero-order valence-electron chi connectivity index (χ0n) is 11.3. The van der Waals surface area contributed by atoms with E-state index in [-0.39, 0.29) is 11.6 Å². The van der Waals surface area contributed by atoms with Crippen LogP contribution in [-0.4, -0.2) is 30.5 Å². The van der Waals surface area contributed by atoms with Gasteiger partial charge in [0.05, 0.1) is 30.1 Å². The first-order valence-corrected chi connectivity index (χ1v) is 5.86. The van der Waals surface area contributed by atoms with Gasteiger partial charge in [-0.1, -0.05) is 0 Å². The smallest absolute Gasteiger partial charge is 0.273 e. The molecular formula is C13H17N3O3. The van der Waals surface area contributed by atoms with Crippen LogP contribution in [0.5, 0.6) is 5.75 Å². The molecule has 0 aliphatic heterocycles. The quantitative estimate of drug-likeness (QED) is 0.580. The second-order valence-corrected chi connectivity index (χ2v) is 4.52. The van der Waals surface area contributed by atoms with Crippen LogP contribution in [0.4, 0.5) is 5.69 Å². The number of nitro benzene ring substituents is 1. The van der Waals surface area contributed by atoms with Crippen LogP contribution >= 0.6 is 0 Å². The molecule has 0 N–H and O–H groups in total. The molecule has 0 fully saturated rings. The maximum absolute atomic E-state index is 10.8. The highest BCUT2D eigenvalue weighted by atomic mass is 16.6. The highest BCUT2D eigenvalue weighted by Gasteiger charge is 2.12. The van der Waals surface area contributed by atoms with Crippen LogP contribution < -0.4 is 4.74 Å². The van der Waals surface area contributed by atoms with Crippen LogP contribution in [0.25, 0.3) is 0 Å². The van der Waals surface area contributed by atoms with Crippen LogP contribution in [0.15, 0.2) is 18.2 Å². The van der Waals surface area contributed by atoms with Gasteiger partial charge in [0.1, 0.15) is 5.75 Å². The molecule has 1 atom stereocenters. The molecule has 0 saturated carbocycles. The molecule has 0 saturated heterocycles. The molecule has 0 heterocycles. The minimum atomic E-state index is -0.441. The van der Waals surface area contributed by atoms with E-state index < -0.39 is 4.92 Å². The topological polar surface area (TPSA) is 79.4 Å². The molecule has 0 amide bonds. The Bertz CT molecular complexity index is 496. The fraction of sp³-hybridized carbons (Fsp3) is 0.462. The number of non-ortho nitro benzene ring substituents is 1. The van der Waals surface area contributed by atoms with Crippen molar-refractivity contribution >= 4 is 5.69 Å². The lowest BCUT2D eigenvalue weighted by atomic mass is 10.1. The van der Waals surface area contributed by atoms with Gasteiger partial charge in [-0.25, -0.2) is 0 Å². The summed E-state index contributed by atoms with van der Waals surface area (Å²) in [5.41, 5.74) is 0.801. The Morgan fingerprint density at radius 1 is 1.53 bits per heavy atom. The first-order valence-electron chi connectivity index (χ1n) is 5.86. The van der Waals surface area contributed by atoms with Gasteiger partial charge >= 0.3 is 0 Å². The maximum atomic E-state index is 10.8. The van der Waals surface area contributed by atoms with Crippen LogP contribution in [0.2, 0.25) is 0 Å². The highest BCUT2D eigenvalue weighted by Crippen LogP contribution is 2.23. The van der Waals surface area contributed by atoms with E-state index in [9.17, 15) is 10.1 Å². The number of rotatable bonds is 6. The Hall–Kier alpha value is -2.13. The Morgan fingerprint density at radius 3 is 2.74 bits per heavy atom. The van der Waals surface area contributed by atoms with E-state index in [4.69, 9.17) is 10.00 Å². The van der Waals surface area contributed by atoms with Crippen molar-refractivity contribution in [2.24, 2.45) is 5.92 Å². The maximum Gasteiger partial charge on any atom is 0.273 e. The van der Waals surface area contributed by atoms with Crippen LogP contribution in [0, 0.1) is 27.4 Å². The molecule has 0 aromatic heterocycles. The van der Waals surface area contributed by atoms with Crippen LogP contribution in [0.3, 0.4) is 0 Å². The average Bonchev–Trinajstić information content (AvgIpc) is 2.37. The van der Waals surface area contributed by atoms with Gasteiger partial charge in [0, 0.05) is 19.2 Å². The number of ether oxygens (including phenoxy) is 1. The van der Waals surface area contributed by atoms with Crippen molar-refractivity contribution in [1.29, 1.82) is 5.26 Å². The number of hydrogen-bond donors (Lipinski definition) is 0. The molecule has 19 heavy (non-hydrogen) atoms. The van der Waals surface area contributed by atoms with Gasteiger partial charge in [-0.2, -0.15) is 5.26 Å². The third-order valence-corrected chi connectivity index (χ3v) is 2.66. The fourth-order valence-electron chi connectivity index (χ4n) is 1.84. The lowest BCUT2D eigenvalue weighted by Crippen LogP contribution is -2.23. The van der Waals surface area contributed by atoms with Gasteiger partial charge in [0.25, 0.3) is 5.69 Å². The number of methoxy groups -OCH3 is 1. The summed E-state index contributed by atoms with van der Waals surface area (Å²) in [6.07, 6.45) is 0. The number of nitro groups is 1. The molecule has 0 bridgehead atoms. The van der Waals surface area contributed by atoms with Crippen molar-refractivity contribution < 1.29 is 9.66 Å². The summed E-state index contributed by atoms with van der Waals surface area (Å²) >= 11 is 0. The molecule has 1 unspecified atom stereocenters. The number of hydrogen-bond acceptors (Lipinski definition) is 5. The summed E-state index contributed by atoms with van der Waals surface area (Å²) in [7, 11) is 3.35. The Labute approximate surface area is 112 Å². The highest BCUT2D eigenvalue weighted by molar-refractivity contribution is 5.42. The van der Waals surface area contributed by atoms with Gasteiger partial charge in [-0.3, -0.25) is 10.1 Å². The summed E-state index contributed by atoms with van der Waals surface area (Å²) in [5.74, 6) is 0.386. The van der Waals surface area contributed by atoms with Crippen LogP contribution in [-0.2, 0) is 6.54 Å². The van der Waals surface area contributed by atoms with Crippen molar-refractivity contribution in [2.75, 3.05) is 20.7 Å². The molecular weight excluding hydrogens is 246 g/mol. The van der Waals surface area contributed by atoms with Gasteiger partial charge in [-0.05, 0) is 25.6 Å². The van der Waals surface area contributed by atoms with Crippen molar-refractivity contribution in [3.05, 3.63) is 33.9 Å². The van der Waals surface area contributed by atoms with E-state index in [1.807, 2.05) is 18.9 Å². The normalized spacial score (nSPS) is 11.9. The predicted octanol–water partition coefficient (Wildman–Crippen LogP) is 2.19. The zero-order valence-corrected chi connectivity index (χ0v) is 11.3. The molecule has 6 nitrogen and oxygen atoms in total. The lowest BCUT2D eigenvalue weighted by molar-refractivity contribution is -0.385. The number of nitriles is 1.